The number of rotatable bonds is 10. The van der Waals surface area contributed by atoms with Crippen LogP contribution < -0.4 is 19.5 Å². The lowest BCUT2D eigenvalue weighted by Crippen LogP contribution is -2.13. The topological polar surface area (TPSA) is 120 Å². The first kappa shape index (κ1) is 26.8. The minimum absolute atomic E-state index is 0.0113. The third-order valence-electron chi connectivity index (χ3n) is 5.22. The number of ether oxygens (including phenoxy) is 2. The Kier molecular flexibility index (Phi) is 8.35. The zero-order valence-corrected chi connectivity index (χ0v) is 22.0. The van der Waals surface area contributed by atoms with Gasteiger partial charge in [0, 0.05) is 22.9 Å². The van der Waals surface area contributed by atoms with Gasteiger partial charge in [0.25, 0.3) is 10.0 Å². The number of carbonyl (C=O) groups excluding carboxylic acids is 1. The molecule has 11 heteroatoms. The predicted molar refractivity (Wildman–Crippen MR) is 145 cm³/mol. The average molecular weight is 554 g/mol. The summed E-state index contributed by atoms with van der Waals surface area (Å²) in [5.74, 6) is 1.26. The molecule has 1 heterocycles. The zero-order valence-electron chi connectivity index (χ0n) is 20.5. The molecule has 0 bridgehead atoms. The molecular formula is C27H24ClN3O6S. The molecule has 0 saturated heterocycles. The maximum Gasteiger partial charge on any atom is 0.263 e. The van der Waals surface area contributed by atoms with E-state index in [0.717, 1.165) is 11.1 Å². The van der Waals surface area contributed by atoms with Crippen molar-refractivity contribution in [2.75, 3.05) is 17.1 Å². The monoisotopic (exact) mass is 553 g/mol. The third kappa shape index (κ3) is 7.15. The van der Waals surface area contributed by atoms with Crippen LogP contribution in [0.25, 0.3) is 6.08 Å². The van der Waals surface area contributed by atoms with Crippen molar-refractivity contribution in [3.63, 3.8) is 0 Å². The standard InChI is InChI=1S/C27H24ClN3O6S/c1-18-15-26(30-37-18)31-38(33,34)23-11-9-22(10-12-23)29-27(32)14-6-19-5-13-24(25(16-19)35-2)36-17-20-3-7-21(28)8-4-20/h3-16H,17H2,1-2H3,(H,29,32)(H,30,31)/b14-6+. The van der Waals surface area contributed by atoms with E-state index in [2.05, 4.69) is 15.2 Å². The molecule has 0 radical (unpaired) electrons. The van der Waals surface area contributed by atoms with Crippen molar-refractivity contribution in [1.82, 2.24) is 5.16 Å². The number of aryl methyl sites for hydroxylation is 1. The summed E-state index contributed by atoms with van der Waals surface area (Å²) < 4.78 is 43.5. The summed E-state index contributed by atoms with van der Waals surface area (Å²) in [6, 6.07) is 19.9. The number of anilines is 2. The zero-order chi connectivity index (χ0) is 27.1. The Morgan fingerprint density at radius 2 is 1.76 bits per heavy atom. The van der Waals surface area contributed by atoms with E-state index in [0.29, 0.717) is 34.6 Å². The van der Waals surface area contributed by atoms with Crippen LogP contribution in [-0.2, 0) is 21.4 Å². The quantitative estimate of drug-likeness (QED) is 0.242. The maximum absolute atomic E-state index is 12.5. The van der Waals surface area contributed by atoms with Crippen molar-refractivity contribution in [3.05, 3.63) is 101 Å². The largest absolute Gasteiger partial charge is 0.493 e. The molecule has 0 saturated carbocycles. The molecule has 0 unspecified atom stereocenters. The fourth-order valence-electron chi connectivity index (χ4n) is 3.33. The summed E-state index contributed by atoms with van der Waals surface area (Å²) in [5.41, 5.74) is 2.12. The van der Waals surface area contributed by atoms with E-state index in [1.807, 2.05) is 12.1 Å². The SMILES string of the molecule is COc1cc(/C=C/C(=O)Nc2ccc(S(=O)(=O)Nc3cc(C)on3)cc2)ccc1OCc1ccc(Cl)cc1. The van der Waals surface area contributed by atoms with Crippen molar-refractivity contribution < 1.29 is 27.2 Å². The number of aromatic nitrogens is 1. The van der Waals surface area contributed by atoms with E-state index in [1.165, 1.54) is 43.5 Å². The van der Waals surface area contributed by atoms with E-state index in [-0.39, 0.29) is 16.6 Å². The van der Waals surface area contributed by atoms with E-state index >= 15 is 0 Å². The number of nitrogens with one attached hydrogen (secondary N) is 2. The summed E-state index contributed by atoms with van der Waals surface area (Å²) in [6.07, 6.45) is 2.99. The number of amides is 1. The molecule has 9 nitrogen and oxygen atoms in total. The Hall–Kier alpha value is -4.28. The number of halogens is 1. The van der Waals surface area contributed by atoms with Gasteiger partial charge in [-0.15, -0.1) is 0 Å². The minimum Gasteiger partial charge on any atom is -0.493 e. The van der Waals surface area contributed by atoms with Crippen molar-refractivity contribution in [2.24, 2.45) is 0 Å². The second kappa shape index (κ2) is 11.8. The number of hydrogen-bond acceptors (Lipinski definition) is 7. The summed E-state index contributed by atoms with van der Waals surface area (Å²) in [4.78, 5) is 12.4. The van der Waals surface area contributed by atoms with Crippen LogP contribution in [0.3, 0.4) is 0 Å². The molecule has 4 aromatic rings. The van der Waals surface area contributed by atoms with Crippen LogP contribution in [0.5, 0.6) is 11.5 Å². The minimum atomic E-state index is -3.85. The highest BCUT2D eigenvalue weighted by Crippen LogP contribution is 2.29. The summed E-state index contributed by atoms with van der Waals surface area (Å²) in [6.45, 7) is 2.00. The Bertz CT molecular complexity index is 1550. The molecule has 1 aromatic heterocycles. The molecule has 0 spiro atoms. The Labute approximate surface area is 225 Å². The van der Waals surface area contributed by atoms with Crippen LogP contribution in [0, 0.1) is 6.92 Å². The van der Waals surface area contributed by atoms with E-state index < -0.39 is 10.0 Å². The molecule has 0 fully saturated rings. The van der Waals surface area contributed by atoms with Crippen LogP contribution in [-0.4, -0.2) is 26.6 Å². The number of sulfonamides is 1. The smallest absolute Gasteiger partial charge is 0.263 e. The summed E-state index contributed by atoms with van der Waals surface area (Å²) in [7, 11) is -2.31. The molecule has 0 aliphatic rings. The molecule has 2 N–H and O–H groups in total. The lowest BCUT2D eigenvalue weighted by Gasteiger charge is -2.11. The van der Waals surface area contributed by atoms with E-state index in [1.54, 1.807) is 43.3 Å². The van der Waals surface area contributed by atoms with Gasteiger partial charge in [-0.3, -0.25) is 9.52 Å². The van der Waals surface area contributed by atoms with Gasteiger partial charge >= 0.3 is 0 Å². The van der Waals surface area contributed by atoms with E-state index in [4.69, 9.17) is 25.6 Å². The van der Waals surface area contributed by atoms with Gasteiger partial charge in [0.05, 0.1) is 12.0 Å². The van der Waals surface area contributed by atoms with Gasteiger partial charge in [-0.05, 0) is 72.7 Å². The Balaban J connectivity index is 1.34. The van der Waals surface area contributed by atoms with Crippen LogP contribution in [0.1, 0.15) is 16.9 Å². The lowest BCUT2D eigenvalue weighted by atomic mass is 10.2. The maximum atomic E-state index is 12.5. The number of carbonyl (C=O) groups is 1. The predicted octanol–water partition coefficient (Wildman–Crippen LogP) is 5.68. The number of methoxy groups -OCH3 is 1. The molecule has 0 aliphatic carbocycles. The summed E-state index contributed by atoms with van der Waals surface area (Å²) >= 11 is 5.91. The van der Waals surface area contributed by atoms with Crippen LogP contribution in [0.2, 0.25) is 5.02 Å². The van der Waals surface area contributed by atoms with Gasteiger partial charge < -0.3 is 19.3 Å². The molecule has 0 aliphatic heterocycles. The number of hydrogen-bond donors (Lipinski definition) is 2. The first-order valence-corrected chi connectivity index (χ1v) is 13.2. The van der Waals surface area contributed by atoms with Gasteiger partial charge in [-0.25, -0.2) is 8.42 Å². The number of nitrogens with zero attached hydrogens (tertiary/aromatic N) is 1. The highest BCUT2D eigenvalue weighted by molar-refractivity contribution is 7.92. The second-order valence-electron chi connectivity index (χ2n) is 8.10. The molecule has 4 rings (SSSR count). The molecule has 1 amide bonds. The van der Waals surface area contributed by atoms with Crippen molar-refractivity contribution in [1.29, 1.82) is 0 Å². The number of benzene rings is 3. The van der Waals surface area contributed by atoms with Crippen LogP contribution in [0.15, 0.2) is 88.3 Å². The highest BCUT2D eigenvalue weighted by Gasteiger charge is 2.16. The van der Waals surface area contributed by atoms with Crippen molar-refractivity contribution in [2.45, 2.75) is 18.4 Å². The van der Waals surface area contributed by atoms with Crippen molar-refractivity contribution >= 4 is 45.1 Å². The van der Waals surface area contributed by atoms with Gasteiger partial charge in [-0.2, -0.15) is 0 Å². The first-order valence-electron chi connectivity index (χ1n) is 11.3. The summed E-state index contributed by atoms with van der Waals surface area (Å²) in [5, 5.41) is 6.97. The molecule has 0 atom stereocenters. The van der Waals surface area contributed by atoms with Crippen molar-refractivity contribution in [3.8, 4) is 11.5 Å². The van der Waals surface area contributed by atoms with Crippen LogP contribution in [0.4, 0.5) is 11.5 Å². The molecule has 196 valence electrons. The Morgan fingerprint density at radius 1 is 1.03 bits per heavy atom. The fourth-order valence-corrected chi connectivity index (χ4v) is 4.44. The Morgan fingerprint density at radius 3 is 2.42 bits per heavy atom. The molecule has 38 heavy (non-hydrogen) atoms. The lowest BCUT2D eigenvalue weighted by molar-refractivity contribution is -0.111. The highest BCUT2D eigenvalue weighted by atomic mass is 35.5. The van der Waals surface area contributed by atoms with Gasteiger partial charge in [0.1, 0.15) is 12.4 Å². The van der Waals surface area contributed by atoms with Gasteiger partial charge in [0.2, 0.25) is 5.91 Å². The fraction of sp³-hybridized carbons (Fsp3) is 0.111. The third-order valence-corrected chi connectivity index (χ3v) is 6.84. The first-order chi connectivity index (χ1) is 18.2. The van der Waals surface area contributed by atoms with Gasteiger partial charge in [-0.1, -0.05) is 35.0 Å². The molecule has 3 aromatic carbocycles. The normalized spacial score (nSPS) is 11.3. The second-order valence-corrected chi connectivity index (χ2v) is 10.2. The van der Waals surface area contributed by atoms with Crippen LogP contribution >= 0.6 is 11.6 Å². The molecular weight excluding hydrogens is 530 g/mol. The average Bonchev–Trinajstić information content (AvgIpc) is 3.31. The van der Waals surface area contributed by atoms with Gasteiger partial charge in [0.15, 0.2) is 17.3 Å². The van der Waals surface area contributed by atoms with E-state index in [9.17, 15) is 13.2 Å².